The number of aromatic amines is 1. The molecular formula is C15H19N3O. The molecule has 1 aromatic heterocycles. The first kappa shape index (κ1) is 12.2. The highest BCUT2D eigenvalue weighted by Crippen LogP contribution is 2.28. The van der Waals surface area contributed by atoms with E-state index in [0.29, 0.717) is 6.04 Å². The molecule has 0 spiro atoms. The Bertz CT molecular complexity index is 571. The van der Waals surface area contributed by atoms with Gasteiger partial charge in [0.25, 0.3) is 0 Å². The molecule has 1 unspecified atom stereocenters. The number of hydrogen-bond acceptors (Lipinski definition) is 3. The first-order valence-electron chi connectivity index (χ1n) is 6.71. The summed E-state index contributed by atoms with van der Waals surface area (Å²) in [4.78, 5) is 0. The minimum Gasteiger partial charge on any atom is -0.496 e. The molecule has 1 saturated heterocycles. The van der Waals surface area contributed by atoms with Gasteiger partial charge in [0, 0.05) is 11.6 Å². The Morgan fingerprint density at radius 3 is 2.89 bits per heavy atom. The van der Waals surface area contributed by atoms with Gasteiger partial charge >= 0.3 is 0 Å². The molecule has 0 amide bonds. The number of aryl methyl sites for hydroxylation is 1. The van der Waals surface area contributed by atoms with Gasteiger partial charge in [-0.15, -0.1) is 0 Å². The van der Waals surface area contributed by atoms with Crippen LogP contribution in [-0.4, -0.2) is 23.9 Å². The lowest BCUT2D eigenvalue weighted by molar-refractivity contribution is 0.412. The van der Waals surface area contributed by atoms with Crippen molar-refractivity contribution in [1.82, 2.24) is 15.5 Å². The third-order valence-corrected chi connectivity index (χ3v) is 3.72. The third-order valence-electron chi connectivity index (χ3n) is 3.72. The predicted molar refractivity (Wildman–Crippen MR) is 75.3 cm³/mol. The van der Waals surface area contributed by atoms with E-state index in [2.05, 4.69) is 34.6 Å². The quantitative estimate of drug-likeness (QED) is 0.889. The molecule has 2 aromatic rings. The minimum atomic E-state index is 0.431. The second-order valence-corrected chi connectivity index (χ2v) is 5.04. The first-order valence-corrected chi connectivity index (χ1v) is 6.71. The molecule has 3 rings (SSSR count). The van der Waals surface area contributed by atoms with Crippen LogP contribution in [0.3, 0.4) is 0 Å². The lowest BCUT2D eigenvalue weighted by Crippen LogP contribution is -2.12. The molecule has 2 heterocycles. The fraction of sp³-hybridized carbons (Fsp3) is 0.400. The normalized spacial score (nSPS) is 18.7. The molecule has 4 nitrogen and oxygen atoms in total. The predicted octanol–water partition coefficient (Wildman–Crippen LogP) is 2.82. The Hall–Kier alpha value is -1.81. The maximum atomic E-state index is 5.28. The van der Waals surface area contributed by atoms with Gasteiger partial charge in [0.05, 0.1) is 18.5 Å². The van der Waals surface area contributed by atoms with Gasteiger partial charge in [-0.2, -0.15) is 5.10 Å². The zero-order valence-corrected chi connectivity index (χ0v) is 11.4. The molecule has 1 fully saturated rings. The van der Waals surface area contributed by atoms with Crippen molar-refractivity contribution in [3.63, 3.8) is 0 Å². The second kappa shape index (κ2) is 5.05. The van der Waals surface area contributed by atoms with Gasteiger partial charge < -0.3 is 10.1 Å². The summed E-state index contributed by atoms with van der Waals surface area (Å²) in [6, 6.07) is 8.73. The van der Waals surface area contributed by atoms with E-state index in [1.54, 1.807) is 7.11 Å². The van der Waals surface area contributed by atoms with E-state index in [1.165, 1.54) is 18.5 Å². The highest BCUT2D eigenvalue weighted by Gasteiger charge is 2.18. The molecule has 0 aliphatic carbocycles. The Morgan fingerprint density at radius 2 is 2.21 bits per heavy atom. The van der Waals surface area contributed by atoms with E-state index in [-0.39, 0.29) is 0 Å². The van der Waals surface area contributed by atoms with Crippen LogP contribution in [0.15, 0.2) is 24.3 Å². The smallest absolute Gasteiger partial charge is 0.121 e. The molecular weight excluding hydrogens is 238 g/mol. The van der Waals surface area contributed by atoms with E-state index in [4.69, 9.17) is 4.74 Å². The molecule has 2 N–H and O–H groups in total. The Balaban J connectivity index is 1.87. The van der Waals surface area contributed by atoms with Crippen molar-refractivity contribution in [3.05, 3.63) is 35.5 Å². The average molecular weight is 257 g/mol. The Kier molecular flexibility index (Phi) is 3.25. The fourth-order valence-corrected chi connectivity index (χ4v) is 2.65. The summed E-state index contributed by atoms with van der Waals surface area (Å²) in [5.74, 6) is 0.914. The molecule has 1 aliphatic rings. The summed E-state index contributed by atoms with van der Waals surface area (Å²) in [7, 11) is 1.69. The number of nitrogens with zero attached hydrogens (tertiary/aromatic N) is 1. The maximum Gasteiger partial charge on any atom is 0.121 e. The van der Waals surface area contributed by atoms with Crippen LogP contribution in [-0.2, 0) is 0 Å². The van der Waals surface area contributed by atoms with Crippen molar-refractivity contribution in [2.75, 3.05) is 13.7 Å². The number of H-pyrrole nitrogens is 1. The summed E-state index contributed by atoms with van der Waals surface area (Å²) in [5.41, 5.74) is 4.43. The molecule has 4 heteroatoms. The molecule has 19 heavy (non-hydrogen) atoms. The van der Waals surface area contributed by atoms with Crippen LogP contribution in [0.4, 0.5) is 0 Å². The number of nitrogens with one attached hydrogen (secondary N) is 2. The lowest BCUT2D eigenvalue weighted by Gasteiger charge is -2.06. The Labute approximate surface area is 113 Å². The SMILES string of the molecule is COc1ccc(-c2cc(C3CCCN3)[nH]n2)cc1C. The van der Waals surface area contributed by atoms with Crippen LogP contribution in [0, 0.1) is 6.92 Å². The molecule has 100 valence electrons. The summed E-state index contributed by atoms with van der Waals surface area (Å²) >= 11 is 0. The zero-order chi connectivity index (χ0) is 13.2. The number of hydrogen-bond donors (Lipinski definition) is 2. The number of methoxy groups -OCH3 is 1. The van der Waals surface area contributed by atoms with Crippen molar-refractivity contribution in [2.45, 2.75) is 25.8 Å². The number of aromatic nitrogens is 2. The monoisotopic (exact) mass is 257 g/mol. The lowest BCUT2D eigenvalue weighted by atomic mass is 10.1. The molecule has 0 radical (unpaired) electrons. The third kappa shape index (κ3) is 2.36. The van der Waals surface area contributed by atoms with Gasteiger partial charge in [0.1, 0.15) is 5.75 Å². The van der Waals surface area contributed by atoms with Crippen LogP contribution in [0.25, 0.3) is 11.3 Å². The average Bonchev–Trinajstić information content (AvgIpc) is 3.09. The highest BCUT2D eigenvalue weighted by molar-refractivity contribution is 5.62. The summed E-state index contributed by atoms with van der Waals surface area (Å²) in [5, 5.41) is 11.0. The fourth-order valence-electron chi connectivity index (χ4n) is 2.65. The van der Waals surface area contributed by atoms with Crippen molar-refractivity contribution < 1.29 is 4.74 Å². The van der Waals surface area contributed by atoms with Crippen LogP contribution >= 0.6 is 0 Å². The maximum absolute atomic E-state index is 5.28. The molecule has 1 atom stereocenters. The van der Waals surface area contributed by atoms with E-state index >= 15 is 0 Å². The van der Waals surface area contributed by atoms with Gasteiger partial charge in [0.15, 0.2) is 0 Å². The van der Waals surface area contributed by atoms with Gasteiger partial charge in [-0.05, 0) is 56.1 Å². The number of rotatable bonds is 3. The standard InChI is InChI=1S/C15H19N3O/c1-10-8-11(5-6-15(10)19-2)13-9-14(18-17-13)12-4-3-7-16-12/h5-6,8-9,12,16H,3-4,7H2,1-2H3,(H,17,18). The Morgan fingerprint density at radius 1 is 1.32 bits per heavy atom. The highest BCUT2D eigenvalue weighted by atomic mass is 16.5. The van der Waals surface area contributed by atoms with Gasteiger partial charge in [0.2, 0.25) is 0 Å². The van der Waals surface area contributed by atoms with Crippen LogP contribution in [0.1, 0.15) is 30.1 Å². The van der Waals surface area contributed by atoms with Gasteiger partial charge in [-0.25, -0.2) is 0 Å². The van der Waals surface area contributed by atoms with E-state index < -0.39 is 0 Å². The molecule has 0 bridgehead atoms. The summed E-state index contributed by atoms with van der Waals surface area (Å²) < 4.78 is 5.28. The minimum absolute atomic E-state index is 0.431. The van der Waals surface area contributed by atoms with Crippen LogP contribution in [0.2, 0.25) is 0 Å². The van der Waals surface area contributed by atoms with Crippen molar-refractivity contribution in [2.24, 2.45) is 0 Å². The molecule has 0 saturated carbocycles. The van der Waals surface area contributed by atoms with Crippen molar-refractivity contribution in [1.29, 1.82) is 0 Å². The van der Waals surface area contributed by atoms with Gasteiger partial charge in [-0.3, -0.25) is 5.10 Å². The van der Waals surface area contributed by atoms with Crippen molar-refractivity contribution >= 4 is 0 Å². The number of ether oxygens (including phenoxy) is 1. The summed E-state index contributed by atoms with van der Waals surface area (Å²) in [6.07, 6.45) is 2.42. The van der Waals surface area contributed by atoms with Crippen molar-refractivity contribution in [3.8, 4) is 17.0 Å². The van der Waals surface area contributed by atoms with E-state index in [9.17, 15) is 0 Å². The van der Waals surface area contributed by atoms with Gasteiger partial charge in [-0.1, -0.05) is 0 Å². The van der Waals surface area contributed by atoms with Crippen LogP contribution < -0.4 is 10.1 Å². The number of benzene rings is 1. The summed E-state index contributed by atoms with van der Waals surface area (Å²) in [6.45, 7) is 3.15. The van der Waals surface area contributed by atoms with Crippen LogP contribution in [0.5, 0.6) is 5.75 Å². The largest absolute Gasteiger partial charge is 0.496 e. The van der Waals surface area contributed by atoms with E-state index in [0.717, 1.165) is 29.1 Å². The molecule has 1 aromatic carbocycles. The topological polar surface area (TPSA) is 49.9 Å². The molecule has 1 aliphatic heterocycles. The zero-order valence-electron chi connectivity index (χ0n) is 11.4. The first-order chi connectivity index (χ1) is 9.28. The second-order valence-electron chi connectivity index (χ2n) is 5.04. The van der Waals surface area contributed by atoms with E-state index in [1.807, 2.05) is 12.1 Å².